The maximum atomic E-state index is 13.3. The number of halogens is 2. The van der Waals surface area contributed by atoms with Crippen molar-refractivity contribution in [2.75, 3.05) is 5.32 Å². The van der Waals surface area contributed by atoms with Gasteiger partial charge >= 0.3 is 0 Å². The van der Waals surface area contributed by atoms with E-state index >= 15 is 0 Å². The number of aromatic nitrogens is 2. The maximum Gasteiger partial charge on any atom is 0.270 e. The van der Waals surface area contributed by atoms with E-state index in [0.29, 0.717) is 22.3 Å². The number of thiophene rings is 1. The topological polar surface area (TPSA) is 68.0 Å². The third kappa shape index (κ3) is 3.67. The molecule has 1 N–H and O–H groups in total. The van der Waals surface area contributed by atoms with E-state index in [4.69, 9.17) is 16.1 Å². The van der Waals surface area contributed by atoms with Gasteiger partial charge in [0, 0.05) is 11.1 Å². The van der Waals surface area contributed by atoms with Gasteiger partial charge in [-0.1, -0.05) is 46.6 Å². The largest absolute Gasteiger partial charge is 0.333 e. The zero-order valence-corrected chi connectivity index (χ0v) is 16.1. The Morgan fingerprint density at radius 1 is 1.18 bits per heavy atom. The normalized spacial score (nSPS) is 10.8. The summed E-state index contributed by atoms with van der Waals surface area (Å²) in [7, 11) is 0. The van der Waals surface area contributed by atoms with Crippen LogP contribution in [0.3, 0.4) is 0 Å². The highest BCUT2D eigenvalue weighted by molar-refractivity contribution is 7.14. The molecule has 1 amide bonds. The van der Waals surface area contributed by atoms with E-state index in [1.807, 2.05) is 31.2 Å². The fourth-order valence-electron chi connectivity index (χ4n) is 2.54. The van der Waals surface area contributed by atoms with Crippen molar-refractivity contribution in [1.29, 1.82) is 0 Å². The predicted octanol–water partition coefficient (Wildman–Crippen LogP) is 5.82. The maximum absolute atomic E-state index is 13.3. The van der Waals surface area contributed by atoms with Crippen LogP contribution in [0.1, 0.15) is 15.9 Å². The molecule has 0 saturated carbocycles. The lowest BCUT2D eigenvalue weighted by molar-refractivity contribution is 0.102. The van der Waals surface area contributed by atoms with E-state index in [1.54, 1.807) is 11.4 Å². The molecule has 4 aromatic rings. The molecule has 2 aromatic carbocycles. The number of hydrogen-bond donors (Lipinski definition) is 1. The minimum atomic E-state index is -0.580. The number of carbonyl (C=O) groups excluding carboxylic acids is 1. The molecule has 0 bridgehead atoms. The van der Waals surface area contributed by atoms with E-state index in [2.05, 4.69) is 15.5 Å². The molecule has 140 valence electrons. The second-order valence-electron chi connectivity index (χ2n) is 6.04. The molecule has 0 spiro atoms. The Kier molecular flexibility index (Phi) is 4.93. The number of amides is 1. The Morgan fingerprint density at radius 3 is 2.71 bits per heavy atom. The molecule has 0 aliphatic carbocycles. The summed E-state index contributed by atoms with van der Waals surface area (Å²) in [6, 6.07) is 13.3. The molecule has 2 aromatic heterocycles. The summed E-state index contributed by atoms with van der Waals surface area (Å²) in [5.41, 5.74) is 2.74. The monoisotopic (exact) mass is 413 g/mol. The van der Waals surface area contributed by atoms with E-state index in [9.17, 15) is 9.18 Å². The lowest BCUT2D eigenvalue weighted by atomic mass is 10.1. The first-order valence-corrected chi connectivity index (χ1v) is 9.52. The van der Waals surface area contributed by atoms with Gasteiger partial charge in [0.15, 0.2) is 0 Å². The van der Waals surface area contributed by atoms with Crippen LogP contribution >= 0.6 is 22.9 Å². The smallest absolute Gasteiger partial charge is 0.270 e. The van der Waals surface area contributed by atoms with Crippen molar-refractivity contribution in [1.82, 2.24) is 10.1 Å². The third-order valence-corrected chi connectivity index (χ3v) is 5.22. The highest BCUT2D eigenvalue weighted by Crippen LogP contribution is 2.34. The molecule has 0 saturated heterocycles. The van der Waals surface area contributed by atoms with Crippen molar-refractivity contribution in [2.24, 2.45) is 0 Å². The summed E-state index contributed by atoms with van der Waals surface area (Å²) in [6.45, 7) is 2.00. The van der Waals surface area contributed by atoms with Crippen molar-refractivity contribution < 1.29 is 13.7 Å². The van der Waals surface area contributed by atoms with Gasteiger partial charge in [-0.2, -0.15) is 4.98 Å². The fraction of sp³-hybridized carbons (Fsp3) is 0.0500. The third-order valence-electron chi connectivity index (χ3n) is 4.03. The quantitative estimate of drug-likeness (QED) is 0.457. The summed E-state index contributed by atoms with van der Waals surface area (Å²) in [4.78, 5) is 17.5. The molecule has 8 heteroatoms. The zero-order chi connectivity index (χ0) is 19.7. The van der Waals surface area contributed by atoms with Crippen LogP contribution in [0.15, 0.2) is 58.4 Å². The molecule has 0 radical (unpaired) electrons. The SMILES string of the molecule is Cc1ccc(-c2noc(-c3sccc3NC(=O)c3ccc(F)c(Cl)c3)n2)cc1. The van der Waals surface area contributed by atoms with E-state index in [1.165, 1.54) is 23.5 Å². The number of nitrogens with one attached hydrogen (secondary N) is 1. The number of anilines is 1. The standard InChI is InChI=1S/C20H13ClFN3O2S/c1-11-2-4-12(5-3-11)18-24-20(27-25-18)17-16(8-9-28-17)23-19(26)13-6-7-15(22)14(21)10-13/h2-10H,1H3,(H,23,26). The van der Waals surface area contributed by atoms with Crippen LogP contribution in [0.4, 0.5) is 10.1 Å². The van der Waals surface area contributed by atoms with E-state index in [0.717, 1.165) is 17.2 Å². The summed E-state index contributed by atoms with van der Waals surface area (Å²) >= 11 is 7.11. The van der Waals surface area contributed by atoms with Gasteiger partial charge in [0.05, 0.1) is 10.7 Å². The Bertz CT molecular complexity index is 1150. The van der Waals surface area contributed by atoms with Crippen LogP contribution in [0, 0.1) is 12.7 Å². The minimum Gasteiger partial charge on any atom is -0.333 e. The van der Waals surface area contributed by atoms with Gasteiger partial charge in [0.2, 0.25) is 5.82 Å². The summed E-state index contributed by atoms with van der Waals surface area (Å²) < 4.78 is 18.7. The van der Waals surface area contributed by atoms with E-state index < -0.39 is 11.7 Å². The molecule has 4 rings (SSSR count). The van der Waals surface area contributed by atoms with Crippen molar-refractivity contribution in [3.8, 4) is 22.2 Å². The van der Waals surface area contributed by atoms with Crippen molar-refractivity contribution in [2.45, 2.75) is 6.92 Å². The summed E-state index contributed by atoms with van der Waals surface area (Å²) in [6.07, 6.45) is 0. The van der Waals surface area contributed by atoms with Crippen molar-refractivity contribution in [3.05, 3.63) is 75.9 Å². The van der Waals surface area contributed by atoms with Crippen LogP contribution in [0.5, 0.6) is 0 Å². The lowest BCUT2D eigenvalue weighted by Crippen LogP contribution is -2.12. The number of hydrogen-bond acceptors (Lipinski definition) is 5. The molecule has 0 fully saturated rings. The average Bonchev–Trinajstić information content (AvgIpc) is 3.34. The van der Waals surface area contributed by atoms with Crippen LogP contribution in [-0.4, -0.2) is 16.0 Å². The molecule has 5 nitrogen and oxygen atoms in total. The zero-order valence-electron chi connectivity index (χ0n) is 14.6. The molecule has 28 heavy (non-hydrogen) atoms. The van der Waals surface area contributed by atoms with E-state index in [-0.39, 0.29) is 10.6 Å². The first kappa shape index (κ1) is 18.3. The average molecular weight is 414 g/mol. The predicted molar refractivity (Wildman–Crippen MR) is 107 cm³/mol. The molecule has 2 heterocycles. The van der Waals surface area contributed by atoms with Crippen LogP contribution in [0.2, 0.25) is 5.02 Å². The highest BCUT2D eigenvalue weighted by Gasteiger charge is 2.18. The first-order chi connectivity index (χ1) is 13.5. The second-order valence-corrected chi connectivity index (χ2v) is 7.36. The van der Waals surface area contributed by atoms with Gasteiger partial charge in [0.25, 0.3) is 11.8 Å². The molecular weight excluding hydrogens is 401 g/mol. The summed E-state index contributed by atoms with van der Waals surface area (Å²) in [5, 5.41) is 8.48. The van der Waals surface area contributed by atoms with Gasteiger partial charge in [-0.25, -0.2) is 4.39 Å². The molecule has 0 aliphatic rings. The second kappa shape index (κ2) is 7.53. The number of nitrogens with zero attached hydrogens (tertiary/aromatic N) is 2. The van der Waals surface area contributed by atoms with Crippen molar-refractivity contribution in [3.63, 3.8) is 0 Å². The number of rotatable bonds is 4. The highest BCUT2D eigenvalue weighted by atomic mass is 35.5. The van der Waals surface area contributed by atoms with Gasteiger partial charge in [-0.3, -0.25) is 4.79 Å². The summed E-state index contributed by atoms with van der Waals surface area (Å²) in [5.74, 6) is -0.229. The first-order valence-electron chi connectivity index (χ1n) is 8.26. The van der Waals surface area contributed by atoms with Crippen LogP contribution < -0.4 is 5.32 Å². The Morgan fingerprint density at radius 2 is 1.96 bits per heavy atom. The molecular formula is C20H13ClFN3O2S. The van der Waals surface area contributed by atoms with Gasteiger partial charge in [-0.05, 0) is 36.6 Å². The van der Waals surface area contributed by atoms with Gasteiger partial charge in [0.1, 0.15) is 10.7 Å². The number of carbonyl (C=O) groups is 1. The Balaban J connectivity index is 1.58. The molecule has 0 unspecified atom stereocenters. The lowest BCUT2D eigenvalue weighted by Gasteiger charge is -2.05. The Hall–Kier alpha value is -3.03. The Labute approximate surface area is 168 Å². The van der Waals surface area contributed by atoms with Crippen LogP contribution in [-0.2, 0) is 0 Å². The van der Waals surface area contributed by atoms with Gasteiger partial charge in [-0.15, -0.1) is 11.3 Å². The van der Waals surface area contributed by atoms with Crippen molar-refractivity contribution >= 4 is 34.5 Å². The van der Waals surface area contributed by atoms with Gasteiger partial charge < -0.3 is 9.84 Å². The number of benzene rings is 2. The van der Waals surface area contributed by atoms with Crippen LogP contribution in [0.25, 0.3) is 22.2 Å². The fourth-order valence-corrected chi connectivity index (χ4v) is 3.49. The number of aryl methyl sites for hydroxylation is 1. The minimum absolute atomic E-state index is 0.113. The molecule has 0 atom stereocenters. The molecule has 0 aliphatic heterocycles.